The smallest absolute Gasteiger partial charge is 0.411 e. The van der Waals surface area contributed by atoms with Gasteiger partial charge in [0.05, 0.1) is 5.69 Å². The van der Waals surface area contributed by atoms with E-state index in [1.165, 1.54) is 6.07 Å². The molecular formula is C24H30FN3O4. The number of nitrogens with one attached hydrogen (secondary N) is 1. The average molecular weight is 444 g/mol. The van der Waals surface area contributed by atoms with E-state index < -0.39 is 23.6 Å². The molecule has 1 atom stereocenters. The lowest BCUT2D eigenvalue weighted by Crippen LogP contribution is -2.47. The summed E-state index contributed by atoms with van der Waals surface area (Å²) in [7, 11) is 1.74. The normalized spacial score (nSPS) is 15.9. The van der Waals surface area contributed by atoms with Crippen LogP contribution >= 0.6 is 0 Å². The monoisotopic (exact) mass is 443 g/mol. The highest BCUT2D eigenvalue weighted by molar-refractivity contribution is 5.85. The second-order valence-electron chi connectivity index (χ2n) is 8.76. The molecule has 0 aliphatic carbocycles. The van der Waals surface area contributed by atoms with E-state index in [0.29, 0.717) is 18.7 Å². The molecule has 0 radical (unpaired) electrons. The summed E-state index contributed by atoms with van der Waals surface area (Å²) in [6.07, 6.45) is 0.131. The maximum absolute atomic E-state index is 14.9. The number of carbonyl (C=O) groups excluding carboxylic acids is 2. The molecule has 2 aromatic rings. The highest BCUT2D eigenvalue weighted by Crippen LogP contribution is 2.29. The largest absolute Gasteiger partial charge is 0.444 e. The van der Waals surface area contributed by atoms with Crippen molar-refractivity contribution in [3.63, 3.8) is 0 Å². The van der Waals surface area contributed by atoms with Crippen molar-refractivity contribution in [3.05, 3.63) is 59.9 Å². The molecule has 7 nitrogen and oxygen atoms in total. The number of likely N-dealkylation sites (tertiary alicyclic amines) is 1. The summed E-state index contributed by atoms with van der Waals surface area (Å²) in [5.74, 6) is -0.510. The Morgan fingerprint density at radius 3 is 2.56 bits per heavy atom. The van der Waals surface area contributed by atoms with Gasteiger partial charge in [0, 0.05) is 19.3 Å². The second-order valence-corrected chi connectivity index (χ2v) is 8.76. The molecule has 1 saturated heterocycles. The average Bonchev–Trinajstić information content (AvgIpc) is 3.22. The van der Waals surface area contributed by atoms with Crippen LogP contribution in [0.4, 0.5) is 25.4 Å². The van der Waals surface area contributed by atoms with Crippen LogP contribution in [0.5, 0.6) is 0 Å². The fourth-order valence-electron chi connectivity index (χ4n) is 3.59. The molecule has 8 heteroatoms. The number of ether oxygens (including phenoxy) is 2. The van der Waals surface area contributed by atoms with Gasteiger partial charge in [-0.3, -0.25) is 10.2 Å². The molecule has 2 amide bonds. The third kappa shape index (κ3) is 6.12. The predicted octanol–water partition coefficient (Wildman–Crippen LogP) is 5.37. The molecule has 2 aromatic carbocycles. The number of carbonyl (C=O) groups is 2. The van der Waals surface area contributed by atoms with Gasteiger partial charge in [-0.1, -0.05) is 30.3 Å². The molecule has 0 bridgehead atoms. The standard InChI is InChI=1S/C24H30FN3O4/c1-24(2,3)32-23(30)28-14-8-11-21(28)27(4)20-13-12-18(15-19(20)25)26-22(29)31-16-17-9-6-5-7-10-17/h5-7,9-10,12-13,15,21H,8,11,14,16H2,1-4H3,(H,26,29)/t21-/m1/s1. The zero-order valence-corrected chi connectivity index (χ0v) is 18.9. The zero-order valence-electron chi connectivity index (χ0n) is 18.9. The van der Waals surface area contributed by atoms with Crippen molar-refractivity contribution in [1.82, 2.24) is 4.90 Å². The first kappa shape index (κ1) is 23.4. The van der Waals surface area contributed by atoms with Crippen molar-refractivity contribution < 1.29 is 23.5 Å². The Hall–Kier alpha value is -3.29. The first-order valence-electron chi connectivity index (χ1n) is 10.6. The van der Waals surface area contributed by atoms with Gasteiger partial charge in [-0.2, -0.15) is 0 Å². The molecule has 1 aliphatic heterocycles. The van der Waals surface area contributed by atoms with Gasteiger partial charge in [-0.05, 0) is 57.4 Å². The number of anilines is 2. The predicted molar refractivity (Wildman–Crippen MR) is 121 cm³/mol. The first-order chi connectivity index (χ1) is 15.1. The van der Waals surface area contributed by atoms with Crippen LogP contribution in [0.25, 0.3) is 0 Å². The lowest BCUT2D eigenvalue weighted by atomic mass is 10.2. The van der Waals surface area contributed by atoms with Crippen LogP contribution in [0.2, 0.25) is 0 Å². The Morgan fingerprint density at radius 2 is 1.91 bits per heavy atom. The second kappa shape index (κ2) is 9.89. The summed E-state index contributed by atoms with van der Waals surface area (Å²) in [5, 5.41) is 2.54. The fraction of sp³-hybridized carbons (Fsp3) is 0.417. The van der Waals surface area contributed by atoms with Gasteiger partial charge in [0.1, 0.15) is 24.2 Å². The summed E-state index contributed by atoms with van der Waals surface area (Å²) in [5.41, 5.74) is 0.870. The topological polar surface area (TPSA) is 71.1 Å². The van der Waals surface area contributed by atoms with E-state index >= 15 is 0 Å². The van der Waals surface area contributed by atoms with Gasteiger partial charge < -0.3 is 14.4 Å². The highest BCUT2D eigenvalue weighted by Gasteiger charge is 2.35. The van der Waals surface area contributed by atoms with Crippen LogP contribution in [0.1, 0.15) is 39.2 Å². The maximum Gasteiger partial charge on any atom is 0.411 e. The molecule has 1 aliphatic rings. The van der Waals surface area contributed by atoms with Crippen molar-refractivity contribution in [2.24, 2.45) is 0 Å². The van der Waals surface area contributed by atoms with E-state index in [1.54, 1.807) is 29.0 Å². The molecule has 32 heavy (non-hydrogen) atoms. The highest BCUT2D eigenvalue weighted by atomic mass is 19.1. The Morgan fingerprint density at radius 1 is 1.19 bits per heavy atom. The number of hydrogen-bond acceptors (Lipinski definition) is 5. The molecule has 0 spiro atoms. The van der Waals surface area contributed by atoms with Crippen LogP contribution in [-0.2, 0) is 16.1 Å². The molecule has 0 unspecified atom stereocenters. The molecule has 1 N–H and O–H groups in total. The number of hydrogen-bond donors (Lipinski definition) is 1. The Balaban J connectivity index is 1.62. The van der Waals surface area contributed by atoms with Crippen LogP contribution < -0.4 is 10.2 Å². The summed E-state index contributed by atoms with van der Waals surface area (Å²) in [6.45, 7) is 6.12. The number of halogens is 1. The summed E-state index contributed by atoms with van der Waals surface area (Å²) >= 11 is 0. The quantitative estimate of drug-likeness (QED) is 0.673. The van der Waals surface area contributed by atoms with E-state index in [2.05, 4.69) is 5.32 Å². The number of rotatable bonds is 5. The number of amides is 2. The van der Waals surface area contributed by atoms with E-state index in [-0.39, 0.29) is 18.5 Å². The van der Waals surface area contributed by atoms with Crippen LogP contribution in [-0.4, -0.2) is 42.4 Å². The minimum Gasteiger partial charge on any atom is -0.444 e. The lowest BCUT2D eigenvalue weighted by Gasteiger charge is -2.35. The third-order valence-corrected chi connectivity index (χ3v) is 5.08. The zero-order chi connectivity index (χ0) is 23.3. The Bertz CT molecular complexity index is 946. The first-order valence-corrected chi connectivity index (χ1v) is 10.6. The molecule has 0 saturated carbocycles. The molecule has 1 heterocycles. The summed E-state index contributed by atoms with van der Waals surface area (Å²) in [4.78, 5) is 27.9. The lowest BCUT2D eigenvalue weighted by molar-refractivity contribution is 0.0226. The third-order valence-electron chi connectivity index (χ3n) is 5.08. The van der Waals surface area contributed by atoms with Crippen molar-refractivity contribution in [2.45, 2.75) is 52.0 Å². The van der Waals surface area contributed by atoms with Crippen molar-refractivity contribution in [2.75, 3.05) is 23.8 Å². The molecule has 0 aromatic heterocycles. The fourth-order valence-corrected chi connectivity index (χ4v) is 3.59. The van der Waals surface area contributed by atoms with Crippen LogP contribution in [0.3, 0.4) is 0 Å². The van der Waals surface area contributed by atoms with E-state index in [4.69, 9.17) is 9.47 Å². The SMILES string of the molecule is CN(c1ccc(NC(=O)OCc2ccccc2)cc1F)[C@H]1CCCN1C(=O)OC(C)(C)C. The van der Waals surface area contributed by atoms with Gasteiger partial charge in [-0.25, -0.2) is 14.0 Å². The van der Waals surface area contributed by atoms with E-state index in [1.807, 2.05) is 51.1 Å². The van der Waals surface area contributed by atoms with E-state index in [0.717, 1.165) is 12.0 Å². The Labute approximate surface area is 188 Å². The van der Waals surface area contributed by atoms with Crippen LogP contribution in [0, 0.1) is 5.82 Å². The van der Waals surface area contributed by atoms with Gasteiger partial charge in [0.15, 0.2) is 0 Å². The maximum atomic E-state index is 14.9. The van der Waals surface area contributed by atoms with Gasteiger partial charge >= 0.3 is 12.2 Å². The molecule has 1 fully saturated rings. The minimum absolute atomic E-state index is 0.123. The Kier molecular flexibility index (Phi) is 7.22. The van der Waals surface area contributed by atoms with Crippen LogP contribution in [0.15, 0.2) is 48.5 Å². The van der Waals surface area contributed by atoms with Crippen molar-refractivity contribution in [3.8, 4) is 0 Å². The summed E-state index contributed by atoms with van der Waals surface area (Å²) in [6, 6.07) is 13.7. The van der Waals surface area contributed by atoms with Crippen molar-refractivity contribution >= 4 is 23.6 Å². The van der Waals surface area contributed by atoms with E-state index in [9.17, 15) is 14.0 Å². The molecule has 3 rings (SSSR count). The minimum atomic E-state index is -0.666. The van der Waals surface area contributed by atoms with Gasteiger partial charge in [0.2, 0.25) is 0 Å². The molecule has 172 valence electrons. The number of nitrogens with zero attached hydrogens (tertiary/aromatic N) is 2. The molecular weight excluding hydrogens is 413 g/mol. The van der Waals surface area contributed by atoms with Crippen molar-refractivity contribution in [1.29, 1.82) is 0 Å². The summed E-state index contributed by atoms with van der Waals surface area (Å²) < 4.78 is 25.5. The van der Waals surface area contributed by atoms with Gasteiger partial charge in [0.25, 0.3) is 0 Å². The van der Waals surface area contributed by atoms with Gasteiger partial charge in [-0.15, -0.1) is 0 Å². The number of benzene rings is 2.